The van der Waals surface area contributed by atoms with E-state index in [1.807, 2.05) is 35.1 Å². The molecule has 2 N–H and O–H groups in total. The van der Waals surface area contributed by atoms with Gasteiger partial charge in [0.05, 0.1) is 6.04 Å². The SMILES string of the molecule is CSCCC(NC(=O)CC1(c2oc(C)cc(=O)c2O)CCSCC1)c1nnc2ccccn12. The van der Waals surface area contributed by atoms with E-state index < -0.39 is 10.8 Å². The van der Waals surface area contributed by atoms with Crippen molar-refractivity contribution in [2.24, 2.45) is 0 Å². The highest BCUT2D eigenvalue weighted by atomic mass is 32.2. The zero-order valence-corrected chi connectivity index (χ0v) is 20.4. The van der Waals surface area contributed by atoms with Crippen LogP contribution in [0, 0.1) is 6.92 Å². The molecule has 3 aromatic heterocycles. The number of rotatable bonds is 8. The Bertz CT molecular complexity index is 1190. The number of nitrogens with one attached hydrogen (secondary N) is 1. The summed E-state index contributed by atoms with van der Waals surface area (Å²) in [6.07, 6.45) is 6.04. The summed E-state index contributed by atoms with van der Waals surface area (Å²) in [6.45, 7) is 1.69. The molecule has 4 heterocycles. The minimum atomic E-state index is -0.721. The highest BCUT2D eigenvalue weighted by Crippen LogP contribution is 2.44. The third kappa shape index (κ3) is 5.06. The minimum Gasteiger partial charge on any atom is -0.502 e. The summed E-state index contributed by atoms with van der Waals surface area (Å²) < 4.78 is 7.76. The van der Waals surface area contributed by atoms with Gasteiger partial charge in [-0.15, -0.1) is 10.2 Å². The van der Waals surface area contributed by atoms with Gasteiger partial charge in [-0.2, -0.15) is 23.5 Å². The summed E-state index contributed by atoms with van der Waals surface area (Å²) in [6, 6.07) is 6.65. The summed E-state index contributed by atoms with van der Waals surface area (Å²) >= 11 is 3.50. The number of fused-ring (bicyclic) bond motifs is 1. The van der Waals surface area contributed by atoms with Gasteiger partial charge in [0.2, 0.25) is 17.1 Å². The third-order valence-corrected chi connectivity index (χ3v) is 7.70. The highest BCUT2D eigenvalue weighted by Gasteiger charge is 2.42. The first-order valence-electron chi connectivity index (χ1n) is 10.9. The van der Waals surface area contributed by atoms with Crippen molar-refractivity contribution < 1.29 is 14.3 Å². The fraction of sp³-hybridized carbons (Fsp3) is 0.478. The van der Waals surface area contributed by atoms with Gasteiger partial charge in [-0.05, 0) is 61.8 Å². The third-order valence-electron chi connectivity index (χ3n) is 6.07. The molecule has 1 fully saturated rings. The van der Waals surface area contributed by atoms with Crippen LogP contribution < -0.4 is 10.7 Å². The summed E-state index contributed by atoms with van der Waals surface area (Å²) in [5.74, 6) is 3.31. The Hall–Kier alpha value is -2.46. The summed E-state index contributed by atoms with van der Waals surface area (Å²) in [4.78, 5) is 25.7. The summed E-state index contributed by atoms with van der Waals surface area (Å²) in [5, 5.41) is 22.3. The molecule has 1 unspecified atom stereocenters. The molecular formula is C23H28N4O4S2. The van der Waals surface area contributed by atoms with Crippen molar-refractivity contribution in [1.82, 2.24) is 19.9 Å². The van der Waals surface area contributed by atoms with E-state index in [1.54, 1.807) is 30.4 Å². The minimum absolute atomic E-state index is 0.125. The molecule has 10 heteroatoms. The molecule has 8 nitrogen and oxygen atoms in total. The molecule has 0 spiro atoms. The van der Waals surface area contributed by atoms with Crippen LogP contribution in [0.1, 0.15) is 49.1 Å². The molecule has 1 saturated heterocycles. The number of nitrogens with zero attached hydrogens (tertiary/aromatic N) is 3. The molecule has 0 aromatic carbocycles. The first kappa shape index (κ1) is 23.7. The maximum atomic E-state index is 13.4. The molecule has 3 aromatic rings. The first-order valence-corrected chi connectivity index (χ1v) is 13.5. The van der Waals surface area contributed by atoms with Gasteiger partial charge >= 0.3 is 0 Å². The van der Waals surface area contributed by atoms with Gasteiger partial charge < -0.3 is 14.8 Å². The number of amides is 1. The van der Waals surface area contributed by atoms with Crippen LogP contribution in [-0.2, 0) is 10.2 Å². The molecular weight excluding hydrogens is 460 g/mol. The van der Waals surface area contributed by atoms with Crippen molar-refractivity contribution in [3.05, 3.63) is 58.0 Å². The van der Waals surface area contributed by atoms with Crippen molar-refractivity contribution in [3.63, 3.8) is 0 Å². The van der Waals surface area contributed by atoms with E-state index in [9.17, 15) is 14.7 Å². The Morgan fingerprint density at radius 2 is 2.15 bits per heavy atom. The van der Waals surface area contributed by atoms with Gasteiger partial charge in [-0.1, -0.05) is 6.07 Å². The van der Waals surface area contributed by atoms with E-state index in [2.05, 4.69) is 15.5 Å². The van der Waals surface area contributed by atoms with Crippen molar-refractivity contribution in [1.29, 1.82) is 0 Å². The van der Waals surface area contributed by atoms with Crippen molar-refractivity contribution in [2.75, 3.05) is 23.5 Å². The molecule has 1 atom stereocenters. The van der Waals surface area contributed by atoms with Crippen LogP contribution in [0.2, 0.25) is 0 Å². The van der Waals surface area contributed by atoms with Gasteiger partial charge in [0, 0.05) is 24.1 Å². The number of hydrogen-bond donors (Lipinski definition) is 2. The highest BCUT2D eigenvalue weighted by molar-refractivity contribution is 7.99. The van der Waals surface area contributed by atoms with E-state index in [1.165, 1.54) is 6.07 Å². The molecule has 0 bridgehead atoms. The zero-order valence-electron chi connectivity index (χ0n) is 18.7. The molecule has 4 rings (SSSR count). The molecule has 33 heavy (non-hydrogen) atoms. The first-order chi connectivity index (χ1) is 15.9. The maximum absolute atomic E-state index is 13.4. The molecule has 0 aliphatic carbocycles. The quantitative estimate of drug-likeness (QED) is 0.496. The van der Waals surface area contributed by atoms with Crippen molar-refractivity contribution >= 4 is 35.1 Å². The zero-order chi connectivity index (χ0) is 23.4. The van der Waals surface area contributed by atoms with Gasteiger partial charge in [0.15, 0.2) is 17.2 Å². The van der Waals surface area contributed by atoms with Crippen LogP contribution in [0.15, 0.2) is 39.7 Å². The van der Waals surface area contributed by atoms with E-state index in [0.717, 1.165) is 22.9 Å². The van der Waals surface area contributed by atoms with Crippen molar-refractivity contribution in [2.45, 2.75) is 44.1 Å². The topological polar surface area (TPSA) is 110 Å². The number of hydrogen-bond acceptors (Lipinski definition) is 8. The van der Waals surface area contributed by atoms with Crippen molar-refractivity contribution in [3.8, 4) is 5.75 Å². The van der Waals surface area contributed by atoms with Crippen LogP contribution in [0.25, 0.3) is 5.65 Å². The Morgan fingerprint density at radius 3 is 2.91 bits per heavy atom. The summed E-state index contributed by atoms with van der Waals surface area (Å²) in [5.41, 5.74) is -0.468. The fourth-order valence-corrected chi connectivity index (χ4v) is 6.11. The molecule has 1 aliphatic heterocycles. The van der Waals surface area contributed by atoms with Gasteiger partial charge in [0.1, 0.15) is 5.76 Å². The average Bonchev–Trinajstić information content (AvgIpc) is 3.23. The van der Waals surface area contributed by atoms with Crippen LogP contribution in [0.5, 0.6) is 5.75 Å². The lowest BCUT2D eigenvalue weighted by Crippen LogP contribution is -2.40. The monoisotopic (exact) mass is 488 g/mol. The number of pyridine rings is 1. The Labute approximate surface area is 200 Å². The standard InChI is InChI=1S/C23H28N4O4S2/c1-15-13-17(28)20(30)21(31-15)23(7-11-33-12-8-23)14-19(29)24-16(6-10-32-2)22-26-25-18-5-3-4-9-27(18)22/h3-5,9,13,16,30H,6-8,10-12,14H2,1-2H3,(H,24,29). The Morgan fingerprint density at radius 1 is 1.36 bits per heavy atom. The largest absolute Gasteiger partial charge is 0.502 e. The lowest BCUT2D eigenvalue weighted by atomic mass is 9.75. The number of carbonyl (C=O) groups excluding carboxylic acids is 1. The Kier molecular flexibility index (Phi) is 7.33. The average molecular weight is 489 g/mol. The smallest absolute Gasteiger partial charge is 0.227 e. The fourth-order valence-electron chi connectivity index (χ4n) is 4.36. The van der Waals surface area contributed by atoms with Crippen LogP contribution in [-0.4, -0.2) is 49.1 Å². The lowest BCUT2D eigenvalue weighted by molar-refractivity contribution is -0.123. The van der Waals surface area contributed by atoms with E-state index >= 15 is 0 Å². The van der Waals surface area contributed by atoms with E-state index in [-0.39, 0.29) is 29.9 Å². The predicted molar refractivity (Wildman–Crippen MR) is 131 cm³/mol. The number of aromatic hydroxyl groups is 1. The van der Waals surface area contributed by atoms with Gasteiger partial charge in [-0.3, -0.25) is 14.0 Å². The number of carbonyl (C=O) groups is 1. The molecule has 1 aliphatic rings. The predicted octanol–water partition coefficient (Wildman–Crippen LogP) is 3.46. The maximum Gasteiger partial charge on any atom is 0.227 e. The van der Waals surface area contributed by atoms with Crippen LogP contribution in [0.3, 0.4) is 0 Å². The molecule has 1 amide bonds. The Balaban J connectivity index is 1.63. The molecule has 0 saturated carbocycles. The second-order valence-corrected chi connectivity index (χ2v) is 10.6. The van der Waals surface area contributed by atoms with E-state index in [0.29, 0.717) is 30.8 Å². The van der Waals surface area contributed by atoms with Gasteiger partial charge in [0.25, 0.3) is 0 Å². The molecule has 176 valence electrons. The van der Waals surface area contributed by atoms with Gasteiger partial charge in [-0.25, -0.2) is 0 Å². The number of thioether (sulfide) groups is 2. The number of aromatic nitrogens is 3. The lowest BCUT2D eigenvalue weighted by Gasteiger charge is -2.36. The normalized spacial score (nSPS) is 16.5. The summed E-state index contributed by atoms with van der Waals surface area (Å²) in [7, 11) is 0. The number of aryl methyl sites for hydroxylation is 1. The van der Waals surface area contributed by atoms with Crippen LogP contribution >= 0.6 is 23.5 Å². The molecule has 0 radical (unpaired) electrons. The second-order valence-electron chi connectivity index (χ2n) is 8.36. The van der Waals surface area contributed by atoms with E-state index in [4.69, 9.17) is 4.42 Å². The van der Waals surface area contributed by atoms with Crippen LogP contribution in [0.4, 0.5) is 0 Å². The second kappa shape index (κ2) is 10.2.